The number of carbonyl (C=O) groups is 4. The number of hydrogen-bond donors (Lipinski definition) is 0. The van der Waals surface area contributed by atoms with E-state index in [9.17, 15) is 19.2 Å². The monoisotopic (exact) mass is 364 g/mol. The summed E-state index contributed by atoms with van der Waals surface area (Å²) in [5.74, 6) is -2.48. The summed E-state index contributed by atoms with van der Waals surface area (Å²) in [7, 11) is 0. The molecule has 0 radical (unpaired) electrons. The normalized spacial score (nSPS) is 15.0. The van der Waals surface area contributed by atoms with Crippen LogP contribution in [0, 0.1) is 0 Å². The van der Waals surface area contributed by atoms with E-state index in [0.717, 1.165) is 22.6 Å². The lowest BCUT2D eigenvalue weighted by Crippen LogP contribution is -2.38. The van der Waals surface area contributed by atoms with E-state index < -0.39 is 30.8 Å². The number of hydrogen-bond acceptors (Lipinski definition) is 5. The van der Waals surface area contributed by atoms with Crippen LogP contribution in [0.2, 0.25) is 0 Å². The Labute approximate surface area is 155 Å². The highest BCUT2D eigenvalue weighted by Crippen LogP contribution is 2.29. The largest absolute Gasteiger partial charge is 0.454 e. The Morgan fingerprint density at radius 3 is 2.48 bits per heavy atom. The SMILES string of the molecule is O=C(CN1C(=O)C(=O)c2ccccc21)OCC(=O)N1CCc2ccccc21. The number of anilines is 2. The Morgan fingerprint density at radius 2 is 1.67 bits per heavy atom. The van der Waals surface area contributed by atoms with E-state index in [1.165, 1.54) is 6.07 Å². The molecule has 0 bridgehead atoms. The number of ether oxygens (including phenoxy) is 1. The number of Topliss-reactive ketones (excluding diaryl/α,β-unsaturated/α-hetero) is 1. The molecule has 0 spiro atoms. The minimum absolute atomic E-state index is 0.264. The van der Waals surface area contributed by atoms with E-state index in [-0.39, 0.29) is 11.5 Å². The summed E-state index contributed by atoms with van der Waals surface area (Å²) in [6.07, 6.45) is 0.761. The van der Waals surface area contributed by atoms with Crippen molar-refractivity contribution in [1.82, 2.24) is 0 Å². The van der Waals surface area contributed by atoms with Crippen LogP contribution in [0.3, 0.4) is 0 Å². The van der Waals surface area contributed by atoms with Crippen molar-refractivity contribution >= 4 is 34.9 Å². The maximum Gasteiger partial charge on any atom is 0.326 e. The topological polar surface area (TPSA) is 84.0 Å². The van der Waals surface area contributed by atoms with Crippen molar-refractivity contribution in [2.45, 2.75) is 6.42 Å². The van der Waals surface area contributed by atoms with Crippen LogP contribution in [0.1, 0.15) is 15.9 Å². The van der Waals surface area contributed by atoms with Crippen LogP contribution in [-0.4, -0.2) is 43.3 Å². The van der Waals surface area contributed by atoms with Gasteiger partial charge in [0.05, 0.1) is 11.3 Å². The average molecular weight is 364 g/mol. The first-order valence-electron chi connectivity index (χ1n) is 8.55. The van der Waals surface area contributed by atoms with E-state index in [4.69, 9.17) is 4.74 Å². The predicted octanol–water partition coefficient (Wildman–Crippen LogP) is 1.35. The van der Waals surface area contributed by atoms with Crippen LogP contribution in [0.4, 0.5) is 11.4 Å². The second-order valence-electron chi connectivity index (χ2n) is 6.32. The number of fused-ring (bicyclic) bond motifs is 2. The third kappa shape index (κ3) is 2.97. The van der Waals surface area contributed by atoms with Gasteiger partial charge in [-0.05, 0) is 30.2 Å². The summed E-state index contributed by atoms with van der Waals surface area (Å²) in [4.78, 5) is 51.2. The molecular formula is C20H16N2O5. The van der Waals surface area contributed by atoms with Gasteiger partial charge < -0.3 is 9.64 Å². The molecule has 7 heteroatoms. The fraction of sp³-hybridized carbons (Fsp3) is 0.200. The van der Waals surface area contributed by atoms with Gasteiger partial charge in [-0.3, -0.25) is 24.1 Å². The maximum atomic E-state index is 12.4. The Balaban J connectivity index is 1.38. The van der Waals surface area contributed by atoms with Crippen molar-refractivity contribution < 1.29 is 23.9 Å². The summed E-state index contributed by atoms with van der Waals surface area (Å²) in [6, 6.07) is 14.0. The number of carbonyl (C=O) groups excluding carboxylic acids is 4. The third-order valence-electron chi connectivity index (χ3n) is 4.71. The van der Waals surface area contributed by atoms with Gasteiger partial charge in [-0.2, -0.15) is 0 Å². The van der Waals surface area contributed by atoms with E-state index in [1.807, 2.05) is 24.3 Å². The fourth-order valence-electron chi connectivity index (χ4n) is 3.40. The summed E-state index contributed by atoms with van der Waals surface area (Å²) >= 11 is 0. The van der Waals surface area contributed by atoms with Crippen LogP contribution >= 0.6 is 0 Å². The molecule has 2 aliphatic rings. The lowest BCUT2D eigenvalue weighted by atomic mass is 10.1. The molecule has 0 saturated carbocycles. The molecule has 0 aromatic heterocycles. The maximum absolute atomic E-state index is 12.4. The molecule has 2 aromatic carbocycles. The Bertz CT molecular complexity index is 968. The van der Waals surface area contributed by atoms with E-state index in [1.54, 1.807) is 23.1 Å². The van der Waals surface area contributed by atoms with Crippen LogP contribution in [0.25, 0.3) is 0 Å². The molecule has 0 saturated heterocycles. The summed E-state index contributed by atoms with van der Waals surface area (Å²) in [5.41, 5.74) is 2.55. The van der Waals surface area contributed by atoms with Crippen molar-refractivity contribution in [1.29, 1.82) is 0 Å². The number of esters is 1. The van der Waals surface area contributed by atoms with Gasteiger partial charge in [0.1, 0.15) is 6.54 Å². The predicted molar refractivity (Wildman–Crippen MR) is 96.6 cm³/mol. The van der Waals surface area contributed by atoms with Gasteiger partial charge in [0.25, 0.3) is 17.6 Å². The fourth-order valence-corrected chi connectivity index (χ4v) is 3.40. The zero-order valence-electron chi connectivity index (χ0n) is 14.4. The summed E-state index contributed by atoms with van der Waals surface area (Å²) in [5, 5.41) is 0. The zero-order chi connectivity index (χ0) is 19.0. The highest BCUT2D eigenvalue weighted by molar-refractivity contribution is 6.52. The summed E-state index contributed by atoms with van der Waals surface area (Å²) in [6.45, 7) is -0.279. The minimum atomic E-state index is -0.770. The first-order chi connectivity index (χ1) is 13.1. The first-order valence-corrected chi connectivity index (χ1v) is 8.55. The molecule has 2 heterocycles. The molecular weight excluding hydrogens is 348 g/mol. The van der Waals surface area contributed by atoms with Crippen molar-refractivity contribution in [3.8, 4) is 0 Å². The van der Waals surface area contributed by atoms with Crippen molar-refractivity contribution in [2.24, 2.45) is 0 Å². The second kappa shape index (κ2) is 6.68. The van der Waals surface area contributed by atoms with Crippen LogP contribution in [-0.2, 0) is 25.5 Å². The average Bonchev–Trinajstić information content (AvgIpc) is 3.22. The molecule has 4 rings (SSSR count). The number of para-hydroxylation sites is 2. The van der Waals surface area contributed by atoms with Gasteiger partial charge >= 0.3 is 5.97 Å². The number of nitrogens with zero attached hydrogens (tertiary/aromatic N) is 2. The Hall–Kier alpha value is -3.48. The van der Waals surface area contributed by atoms with E-state index in [2.05, 4.69) is 0 Å². The zero-order valence-corrected chi connectivity index (χ0v) is 14.4. The van der Waals surface area contributed by atoms with Crippen molar-refractivity contribution in [3.63, 3.8) is 0 Å². The van der Waals surface area contributed by atoms with Crippen LogP contribution in [0.15, 0.2) is 48.5 Å². The second-order valence-corrected chi connectivity index (χ2v) is 6.32. The van der Waals surface area contributed by atoms with Gasteiger partial charge in [0.15, 0.2) is 6.61 Å². The van der Waals surface area contributed by atoms with Crippen LogP contribution < -0.4 is 9.80 Å². The quantitative estimate of drug-likeness (QED) is 0.604. The molecule has 0 aliphatic carbocycles. The number of ketones is 1. The number of amides is 2. The molecule has 0 atom stereocenters. The van der Waals surface area contributed by atoms with Gasteiger partial charge in [0, 0.05) is 12.2 Å². The minimum Gasteiger partial charge on any atom is -0.454 e. The molecule has 2 aliphatic heterocycles. The lowest BCUT2D eigenvalue weighted by molar-refractivity contribution is -0.146. The Morgan fingerprint density at radius 1 is 0.963 bits per heavy atom. The smallest absolute Gasteiger partial charge is 0.326 e. The van der Waals surface area contributed by atoms with Gasteiger partial charge in [-0.15, -0.1) is 0 Å². The molecule has 2 amide bonds. The molecule has 136 valence electrons. The van der Waals surface area contributed by atoms with Crippen molar-refractivity contribution in [3.05, 3.63) is 59.7 Å². The lowest BCUT2D eigenvalue weighted by Gasteiger charge is -2.18. The van der Waals surface area contributed by atoms with E-state index in [0.29, 0.717) is 12.2 Å². The molecule has 0 fully saturated rings. The molecule has 27 heavy (non-hydrogen) atoms. The van der Waals surface area contributed by atoms with Gasteiger partial charge in [-0.25, -0.2) is 0 Å². The number of benzene rings is 2. The van der Waals surface area contributed by atoms with Crippen molar-refractivity contribution in [2.75, 3.05) is 29.5 Å². The third-order valence-corrected chi connectivity index (χ3v) is 4.71. The molecule has 2 aromatic rings. The summed E-state index contributed by atoms with van der Waals surface area (Å²) < 4.78 is 5.06. The first kappa shape index (κ1) is 17.0. The van der Waals surface area contributed by atoms with Gasteiger partial charge in [-0.1, -0.05) is 30.3 Å². The Kier molecular flexibility index (Phi) is 4.19. The standard InChI is InChI=1S/C20H16N2O5/c23-17(21-10-9-13-5-1-3-7-15(13)21)12-27-18(24)11-22-16-8-4-2-6-14(16)19(25)20(22)26/h1-8H,9-12H2. The number of rotatable bonds is 4. The highest BCUT2D eigenvalue weighted by atomic mass is 16.5. The van der Waals surface area contributed by atoms with E-state index >= 15 is 0 Å². The molecule has 7 nitrogen and oxygen atoms in total. The van der Waals surface area contributed by atoms with Gasteiger partial charge in [0.2, 0.25) is 0 Å². The molecule has 0 N–H and O–H groups in total. The molecule has 0 unspecified atom stereocenters. The van der Waals surface area contributed by atoms with Crippen LogP contribution in [0.5, 0.6) is 0 Å². The highest BCUT2D eigenvalue weighted by Gasteiger charge is 2.37.